The molecule has 1 aromatic rings. The van der Waals surface area contributed by atoms with E-state index in [0.29, 0.717) is 6.54 Å². The summed E-state index contributed by atoms with van der Waals surface area (Å²) in [4.78, 5) is 12.1. The van der Waals surface area contributed by atoms with Gasteiger partial charge in [-0.3, -0.25) is 4.79 Å². The Hall–Kier alpha value is -0.270. The predicted octanol–water partition coefficient (Wildman–Crippen LogP) is 1.91. The molecule has 0 aromatic heterocycles. The number of benzene rings is 1. The highest BCUT2D eigenvalue weighted by Gasteiger charge is 2.26. The van der Waals surface area contributed by atoms with Crippen LogP contribution in [-0.4, -0.2) is 24.2 Å². The second-order valence-electron chi connectivity index (χ2n) is 4.04. The van der Waals surface area contributed by atoms with Gasteiger partial charge in [0.2, 0.25) is 5.91 Å². The van der Waals surface area contributed by atoms with E-state index in [9.17, 15) is 4.79 Å². The zero-order valence-electron chi connectivity index (χ0n) is 9.36. The lowest BCUT2D eigenvalue weighted by atomic mass is 10.1. The molecule has 2 rings (SSSR count). The molecule has 1 aliphatic heterocycles. The maximum Gasteiger partial charge on any atom is 0.237 e. The Bertz CT molecular complexity index is 413. The molecular formula is C12H15IN2OS. The number of hydrogen-bond acceptors (Lipinski definition) is 3. The molecule has 0 saturated carbocycles. The van der Waals surface area contributed by atoms with Gasteiger partial charge in [-0.15, -0.1) is 11.8 Å². The zero-order chi connectivity index (χ0) is 12.3. The Labute approximate surface area is 119 Å². The second kappa shape index (κ2) is 6.06. The number of hydrogen-bond donors (Lipinski definition) is 2. The van der Waals surface area contributed by atoms with E-state index in [1.165, 1.54) is 0 Å². The zero-order valence-corrected chi connectivity index (χ0v) is 12.3. The number of amides is 1. The van der Waals surface area contributed by atoms with Crippen LogP contribution in [-0.2, 0) is 4.79 Å². The van der Waals surface area contributed by atoms with E-state index in [1.54, 1.807) is 11.8 Å². The van der Waals surface area contributed by atoms with Crippen LogP contribution in [0, 0.1) is 3.57 Å². The maximum absolute atomic E-state index is 12.1. The van der Waals surface area contributed by atoms with Gasteiger partial charge in [-0.1, -0.05) is 12.1 Å². The van der Waals surface area contributed by atoms with E-state index < -0.39 is 0 Å². The van der Waals surface area contributed by atoms with Crippen LogP contribution in [0.1, 0.15) is 17.2 Å². The normalized spacial score (nSPS) is 25.2. The van der Waals surface area contributed by atoms with Crippen molar-refractivity contribution in [2.45, 2.75) is 17.7 Å². The fourth-order valence-corrected chi connectivity index (χ4v) is 3.63. The van der Waals surface area contributed by atoms with Gasteiger partial charge in [0, 0.05) is 16.2 Å². The number of rotatable bonds is 2. The molecule has 1 saturated heterocycles. The van der Waals surface area contributed by atoms with E-state index in [-0.39, 0.29) is 17.2 Å². The number of carbonyl (C=O) groups excluding carboxylic acids is 1. The fourth-order valence-electron chi connectivity index (χ4n) is 1.85. The molecule has 1 aromatic carbocycles. The molecule has 5 heteroatoms. The lowest BCUT2D eigenvalue weighted by Gasteiger charge is -2.15. The van der Waals surface area contributed by atoms with Gasteiger partial charge >= 0.3 is 0 Å². The molecular weight excluding hydrogens is 347 g/mol. The van der Waals surface area contributed by atoms with Crippen molar-refractivity contribution in [2.75, 3.05) is 12.3 Å². The van der Waals surface area contributed by atoms with Gasteiger partial charge < -0.3 is 11.1 Å². The summed E-state index contributed by atoms with van der Waals surface area (Å²) in [6.45, 7) is 0.519. The lowest BCUT2D eigenvalue weighted by Crippen LogP contribution is -2.40. The topological polar surface area (TPSA) is 55.1 Å². The number of carbonyl (C=O) groups is 1. The van der Waals surface area contributed by atoms with Crippen molar-refractivity contribution < 1.29 is 4.79 Å². The second-order valence-corrected chi connectivity index (χ2v) is 6.49. The number of nitrogens with one attached hydrogen (secondary N) is 1. The van der Waals surface area contributed by atoms with Crippen LogP contribution in [0.2, 0.25) is 0 Å². The first-order valence-electron chi connectivity index (χ1n) is 5.58. The average molecular weight is 362 g/mol. The summed E-state index contributed by atoms with van der Waals surface area (Å²) in [5.74, 6) is 1.06. The number of thioether (sulfide) groups is 1. The molecule has 17 heavy (non-hydrogen) atoms. The highest BCUT2D eigenvalue weighted by Crippen LogP contribution is 2.32. The Kier molecular flexibility index (Phi) is 4.69. The third-order valence-electron chi connectivity index (χ3n) is 2.77. The molecule has 1 amide bonds. The van der Waals surface area contributed by atoms with Crippen LogP contribution in [0.3, 0.4) is 0 Å². The first-order valence-corrected chi connectivity index (χ1v) is 7.71. The molecule has 0 radical (unpaired) electrons. The molecule has 0 bridgehead atoms. The summed E-state index contributed by atoms with van der Waals surface area (Å²) in [5, 5.41) is 2.91. The van der Waals surface area contributed by atoms with Gasteiger partial charge in [-0.25, -0.2) is 0 Å². The largest absolute Gasteiger partial charge is 0.351 e. The van der Waals surface area contributed by atoms with Crippen LogP contribution < -0.4 is 11.1 Å². The van der Waals surface area contributed by atoms with Crippen molar-refractivity contribution in [1.29, 1.82) is 0 Å². The number of halogens is 1. The van der Waals surface area contributed by atoms with Gasteiger partial charge in [0.05, 0.1) is 0 Å². The van der Waals surface area contributed by atoms with E-state index in [0.717, 1.165) is 21.3 Å². The quantitative estimate of drug-likeness (QED) is 0.791. The number of nitrogens with two attached hydrogens (primary N) is 1. The summed E-state index contributed by atoms with van der Waals surface area (Å²) >= 11 is 3.97. The van der Waals surface area contributed by atoms with Crippen molar-refractivity contribution in [2.24, 2.45) is 5.73 Å². The van der Waals surface area contributed by atoms with E-state index in [2.05, 4.69) is 34.0 Å². The van der Waals surface area contributed by atoms with Gasteiger partial charge in [-0.05, 0) is 52.5 Å². The highest BCUT2D eigenvalue weighted by molar-refractivity contribution is 14.1. The smallest absolute Gasteiger partial charge is 0.237 e. The van der Waals surface area contributed by atoms with E-state index in [4.69, 9.17) is 5.73 Å². The van der Waals surface area contributed by atoms with Crippen molar-refractivity contribution in [1.82, 2.24) is 5.32 Å². The Morgan fingerprint density at radius 1 is 1.53 bits per heavy atom. The lowest BCUT2D eigenvalue weighted by molar-refractivity contribution is -0.121. The Morgan fingerprint density at radius 3 is 3.06 bits per heavy atom. The third kappa shape index (κ3) is 3.35. The van der Waals surface area contributed by atoms with Crippen LogP contribution in [0.5, 0.6) is 0 Å². The predicted molar refractivity (Wildman–Crippen MR) is 80.0 cm³/mol. The van der Waals surface area contributed by atoms with Crippen molar-refractivity contribution >= 4 is 40.3 Å². The highest BCUT2D eigenvalue weighted by atomic mass is 127. The Morgan fingerprint density at radius 2 is 2.35 bits per heavy atom. The molecule has 0 spiro atoms. The average Bonchev–Trinajstić information content (AvgIpc) is 2.50. The molecule has 0 aliphatic carbocycles. The van der Waals surface area contributed by atoms with Crippen molar-refractivity contribution in [3.8, 4) is 0 Å². The van der Waals surface area contributed by atoms with Gasteiger partial charge in [0.25, 0.3) is 0 Å². The van der Waals surface area contributed by atoms with E-state index in [1.807, 2.05) is 18.2 Å². The minimum absolute atomic E-state index is 0.0879. The van der Waals surface area contributed by atoms with Gasteiger partial charge in [-0.2, -0.15) is 0 Å². The molecule has 1 aliphatic rings. The summed E-state index contributed by atoms with van der Waals surface area (Å²) in [5.41, 5.74) is 6.70. The standard InChI is InChI=1S/C12H15IN2OS/c13-9-3-1-2-8(6-9)11-12(16)15-10(7-14)4-5-17-11/h1-3,6,10-11H,4-5,7,14H2,(H,15,16)/t10-,11+/m0/s1. The maximum atomic E-state index is 12.1. The first kappa shape index (κ1) is 13.2. The molecule has 2 atom stereocenters. The van der Waals surface area contributed by atoms with E-state index >= 15 is 0 Å². The monoisotopic (exact) mass is 362 g/mol. The molecule has 0 unspecified atom stereocenters. The molecule has 3 N–H and O–H groups in total. The summed E-state index contributed by atoms with van der Waals surface area (Å²) in [7, 11) is 0. The van der Waals surface area contributed by atoms with Crippen LogP contribution in [0.15, 0.2) is 24.3 Å². The minimum Gasteiger partial charge on any atom is -0.351 e. The van der Waals surface area contributed by atoms with Crippen LogP contribution >= 0.6 is 34.4 Å². The Balaban J connectivity index is 2.18. The van der Waals surface area contributed by atoms with Crippen LogP contribution in [0.4, 0.5) is 0 Å². The SMILES string of the molecule is NC[C@@H]1CCS[C@H](c2cccc(I)c2)C(=O)N1. The van der Waals surface area contributed by atoms with Crippen LogP contribution in [0.25, 0.3) is 0 Å². The molecule has 3 nitrogen and oxygen atoms in total. The first-order chi connectivity index (χ1) is 8.20. The molecule has 1 fully saturated rings. The summed E-state index contributed by atoms with van der Waals surface area (Å²) in [6.07, 6.45) is 0.952. The van der Waals surface area contributed by atoms with Crippen molar-refractivity contribution in [3.63, 3.8) is 0 Å². The van der Waals surface area contributed by atoms with Crippen molar-refractivity contribution in [3.05, 3.63) is 33.4 Å². The minimum atomic E-state index is -0.0961. The third-order valence-corrected chi connectivity index (χ3v) is 4.73. The molecule has 1 heterocycles. The molecule has 92 valence electrons. The summed E-state index contributed by atoms with van der Waals surface area (Å²) in [6, 6.07) is 8.24. The summed E-state index contributed by atoms with van der Waals surface area (Å²) < 4.78 is 1.16. The van der Waals surface area contributed by atoms with Gasteiger partial charge in [0.15, 0.2) is 0 Å². The van der Waals surface area contributed by atoms with Gasteiger partial charge in [0.1, 0.15) is 5.25 Å². The fraction of sp³-hybridized carbons (Fsp3) is 0.417.